The number of carbonyl (C=O) groups is 2. The van der Waals surface area contributed by atoms with Crippen molar-refractivity contribution in [1.29, 1.82) is 0 Å². The lowest BCUT2D eigenvalue weighted by Gasteiger charge is -2.28. The molecule has 2 rings (SSSR count). The maximum atomic E-state index is 12.5. The lowest BCUT2D eigenvalue weighted by Crippen LogP contribution is -2.42. The molecule has 1 fully saturated rings. The lowest BCUT2D eigenvalue weighted by molar-refractivity contribution is -0.133. The van der Waals surface area contributed by atoms with E-state index in [4.69, 9.17) is 0 Å². The van der Waals surface area contributed by atoms with E-state index in [0.29, 0.717) is 37.9 Å². The zero-order valence-electron chi connectivity index (χ0n) is 14.6. The molecule has 1 N–H and O–H groups in total. The third kappa shape index (κ3) is 6.11. The first-order valence-corrected chi connectivity index (χ1v) is 11.5. The van der Waals surface area contributed by atoms with Crippen molar-refractivity contribution in [3.8, 4) is 0 Å². The number of hydrogen-bond acceptors (Lipinski definition) is 5. The Morgan fingerprint density at radius 3 is 2.76 bits per heavy atom. The summed E-state index contributed by atoms with van der Waals surface area (Å²) < 4.78 is 23.4. The number of amides is 2. The Kier molecular flexibility index (Phi) is 7.43. The SMILES string of the molecule is CCCCN(C(=O)CCCNC(=O)c1ccsc1)C1CCS(=O)(=O)C1. The van der Waals surface area contributed by atoms with Crippen LogP contribution in [-0.2, 0) is 14.6 Å². The summed E-state index contributed by atoms with van der Waals surface area (Å²) in [5, 5.41) is 6.44. The Balaban J connectivity index is 1.79. The van der Waals surface area contributed by atoms with Gasteiger partial charge in [0.15, 0.2) is 9.84 Å². The Labute approximate surface area is 153 Å². The molecular weight excluding hydrogens is 360 g/mol. The number of nitrogens with one attached hydrogen (secondary N) is 1. The fraction of sp³-hybridized carbons (Fsp3) is 0.647. The van der Waals surface area contributed by atoms with Gasteiger partial charge in [-0.25, -0.2) is 8.42 Å². The highest BCUT2D eigenvalue weighted by molar-refractivity contribution is 7.91. The molecular formula is C17H26N2O4S2. The Hall–Kier alpha value is -1.41. The van der Waals surface area contributed by atoms with Crippen LogP contribution in [0.15, 0.2) is 16.8 Å². The zero-order valence-corrected chi connectivity index (χ0v) is 16.2. The number of nitrogens with zero attached hydrogens (tertiary/aromatic N) is 1. The van der Waals surface area contributed by atoms with Gasteiger partial charge in [-0.2, -0.15) is 11.3 Å². The van der Waals surface area contributed by atoms with Crippen LogP contribution in [0.2, 0.25) is 0 Å². The largest absolute Gasteiger partial charge is 0.352 e. The van der Waals surface area contributed by atoms with E-state index in [2.05, 4.69) is 5.32 Å². The molecule has 1 saturated heterocycles. The molecule has 1 aromatic rings. The molecule has 25 heavy (non-hydrogen) atoms. The van der Waals surface area contributed by atoms with Crippen LogP contribution in [0, 0.1) is 0 Å². The standard InChI is InChI=1S/C17H26N2O4S2/c1-2-3-9-19(15-7-11-25(22,23)13-15)16(20)5-4-8-18-17(21)14-6-10-24-12-14/h6,10,12,15H,2-5,7-9,11,13H2,1H3,(H,18,21). The highest BCUT2D eigenvalue weighted by atomic mass is 32.2. The van der Waals surface area contributed by atoms with Crippen LogP contribution in [0.4, 0.5) is 0 Å². The second kappa shape index (κ2) is 9.33. The van der Waals surface area contributed by atoms with Crippen molar-refractivity contribution in [2.24, 2.45) is 0 Å². The molecule has 0 aliphatic carbocycles. The fourth-order valence-corrected chi connectivity index (χ4v) is 5.31. The first-order chi connectivity index (χ1) is 11.9. The molecule has 0 bridgehead atoms. The van der Waals surface area contributed by atoms with Crippen LogP contribution in [0.1, 0.15) is 49.4 Å². The van der Waals surface area contributed by atoms with E-state index in [-0.39, 0.29) is 29.4 Å². The summed E-state index contributed by atoms with van der Waals surface area (Å²) in [5.41, 5.74) is 0.636. The van der Waals surface area contributed by atoms with Gasteiger partial charge < -0.3 is 10.2 Å². The van der Waals surface area contributed by atoms with E-state index in [1.54, 1.807) is 16.3 Å². The van der Waals surface area contributed by atoms with Gasteiger partial charge in [-0.3, -0.25) is 9.59 Å². The normalized spacial score (nSPS) is 18.8. The molecule has 1 aliphatic heterocycles. The van der Waals surface area contributed by atoms with E-state index in [9.17, 15) is 18.0 Å². The third-order valence-corrected chi connectivity index (χ3v) is 6.79. The fourth-order valence-electron chi connectivity index (χ4n) is 2.94. The molecule has 8 heteroatoms. The van der Waals surface area contributed by atoms with Gasteiger partial charge in [0, 0.05) is 36.5 Å². The summed E-state index contributed by atoms with van der Waals surface area (Å²) in [6.07, 6.45) is 3.24. The second-order valence-electron chi connectivity index (χ2n) is 6.37. The van der Waals surface area contributed by atoms with E-state index in [1.165, 1.54) is 11.3 Å². The van der Waals surface area contributed by atoms with E-state index in [0.717, 1.165) is 12.8 Å². The Morgan fingerprint density at radius 2 is 2.16 bits per heavy atom. The topological polar surface area (TPSA) is 83.6 Å². The molecule has 2 amide bonds. The predicted octanol–water partition coefficient (Wildman–Crippen LogP) is 2.07. The molecule has 1 atom stereocenters. The quantitative estimate of drug-likeness (QED) is 0.659. The maximum Gasteiger partial charge on any atom is 0.252 e. The average molecular weight is 387 g/mol. The van der Waals surface area contributed by atoms with Crippen LogP contribution in [0.3, 0.4) is 0 Å². The van der Waals surface area contributed by atoms with Crippen LogP contribution in [0.25, 0.3) is 0 Å². The van der Waals surface area contributed by atoms with Crippen LogP contribution < -0.4 is 5.32 Å². The molecule has 0 saturated carbocycles. The van der Waals surface area contributed by atoms with Crippen molar-refractivity contribution in [2.75, 3.05) is 24.6 Å². The van der Waals surface area contributed by atoms with E-state index in [1.807, 2.05) is 12.3 Å². The van der Waals surface area contributed by atoms with Gasteiger partial charge in [0.25, 0.3) is 5.91 Å². The highest BCUT2D eigenvalue weighted by Crippen LogP contribution is 2.19. The zero-order chi connectivity index (χ0) is 18.3. The van der Waals surface area contributed by atoms with E-state index < -0.39 is 9.84 Å². The lowest BCUT2D eigenvalue weighted by atomic mass is 10.1. The van der Waals surface area contributed by atoms with Crippen molar-refractivity contribution >= 4 is 33.0 Å². The number of hydrogen-bond donors (Lipinski definition) is 1. The summed E-state index contributed by atoms with van der Waals surface area (Å²) in [5.74, 6) is 0.112. The summed E-state index contributed by atoms with van der Waals surface area (Å²) in [7, 11) is -3.01. The Bertz CT molecular complexity index is 671. The maximum absolute atomic E-state index is 12.5. The molecule has 0 radical (unpaired) electrons. The summed E-state index contributed by atoms with van der Waals surface area (Å²) in [4.78, 5) is 26.1. The van der Waals surface area contributed by atoms with Crippen molar-refractivity contribution in [1.82, 2.24) is 10.2 Å². The second-order valence-corrected chi connectivity index (χ2v) is 9.38. The molecule has 6 nitrogen and oxygen atoms in total. The Morgan fingerprint density at radius 1 is 1.36 bits per heavy atom. The highest BCUT2D eigenvalue weighted by Gasteiger charge is 2.34. The van der Waals surface area contributed by atoms with Gasteiger partial charge in [0.05, 0.1) is 11.5 Å². The first kappa shape index (κ1) is 19.9. The third-order valence-electron chi connectivity index (χ3n) is 4.36. The smallest absolute Gasteiger partial charge is 0.252 e. The molecule has 0 spiro atoms. The number of sulfone groups is 1. The molecule has 1 aliphatic rings. The van der Waals surface area contributed by atoms with Crippen molar-refractivity contribution in [3.63, 3.8) is 0 Å². The number of carbonyl (C=O) groups excluding carboxylic acids is 2. The molecule has 140 valence electrons. The van der Waals surface area contributed by atoms with Gasteiger partial charge in [-0.15, -0.1) is 0 Å². The number of unbranched alkanes of at least 4 members (excludes halogenated alkanes) is 1. The molecule has 1 unspecified atom stereocenters. The number of thiophene rings is 1. The van der Waals surface area contributed by atoms with Gasteiger partial charge in [-0.1, -0.05) is 13.3 Å². The minimum Gasteiger partial charge on any atom is -0.352 e. The summed E-state index contributed by atoms with van der Waals surface area (Å²) in [6, 6.07) is 1.57. The minimum absolute atomic E-state index is 0.0136. The number of rotatable bonds is 9. The predicted molar refractivity (Wildman–Crippen MR) is 99.6 cm³/mol. The van der Waals surface area contributed by atoms with Gasteiger partial charge in [-0.05, 0) is 30.7 Å². The molecule has 0 aromatic carbocycles. The van der Waals surface area contributed by atoms with Crippen LogP contribution in [0.5, 0.6) is 0 Å². The van der Waals surface area contributed by atoms with Crippen molar-refractivity contribution < 1.29 is 18.0 Å². The summed E-state index contributed by atoms with van der Waals surface area (Å²) >= 11 is 1.47. The minimum atomic E-state index is -3.01. The van der Waals surface area contributed by atoms with Crippen LogP contribution >= 0.6 is 11.3 Å². The van der Waals surface area contributed by atoms with Gasteiger partial charge in [0.1, 0.15) is 0 Å². The first-order valence-electron chi connectivity index (χ1n) is 8.73. The molecule has 2 heterocycles. The monoisotopic (exact) mass is 386 g/mol. The van der Waals surface area contributed by atoms with E-state index >= 15 is 0 Å². The average Bonchev–Trinajstić information content (AvgIpc) is 3.21. The molecule has 1 aromatic heterocycles. The van der Waals surface area contributed by atoms with Gasteiger partial charge in [0.2, 0.25) is 5.91 Å². The summed E-state index contributed by atoms with van der Waals surface area (Å²) in [6.45, 7) is 3.09. The van der Waals surface area contributed by atoms with Crippen molar-refractivity contribution in [3.05, 3.63) is 22.4 Å². The van der Waals surface area contributed by atoms with Crippen molar-refractivity contribution in [2.45, 2.75) is 45.1 Å². The van der Waals surface area contributed by atoms with Gasteiger partial charge >= 0.3 is 0 Å². The van der Waals surface area contributed by atoms with Crippen LogP contribution in [-0.4, -0.2) is 55.8 Å².